The van der Waals surface area contributed by atoms with E-state index in [2.05, 4.69) is 24.4 Å². The summed E-state index contributed by atoms with van der Waals surface area (Å²) in [6.45, 7) is 5.58. The largest absolute Gasteiger partial charge is 0.488 e. The second-order valence-corrected chi connectivity index (χ2v) is 4.77. The summed E-state index contributed by atoms with van der Waals surface area (Å²) in [5, 5.41) is 3.17. The standard InChI is InChI=1S/C14H19NO2/c1-10(7-11(2)16)12-3-5-13(6-4-12)17-14-8-15-9-14/h3-6,10,14-15H,7-9H2,1-2H3/t10-/m1/s1. The van der Waals surface area contributed by atoms with Crippen LogP contribution < -0.4 is 10.1 Å². The molecule has 1 aliphatic rings. The molecule has 1 aliphatic heterocycles. The summed E-state index contributed by atoms with van der Waals surface area (Å²) in [5.41, 5.74) is 1.19. The van der Waals surface area contributed by atoms with Crippen LogP contribution in [0.1, 0.15) is 31.7 Å². The van der Waals surface area contributed by atoms with Crippen molar-refractivity contribution < 1.29 is 9.53 Å². The Kier molecular flexibility index (Phi) is 3.79. The molecule has 1 N–H and O–H groups in total. The van der Waals surface area contributed by atoms with Crippen molar-refractivity contribution in [2.45, 2.75) is 32.3 Å². The molecule has 0 bridgehead atoms. The topological polar surface area (TPSA) is 38.3 Å². The van der Waals surface area contributed by atoms with Gasteiger partial charge in [0.25, 0.3) is 0 Å². The Bertz CT molecular complexity index is 382. The third-order valence-electron chi connectivity index (χ3n) is 3.09. The third kappa shape index (κ3) is 3.30. The molecule has 0 aliphatic carbocycles. The molecular weight excluding hydrogens is 214 g/mol. The van der Waals surface area contributed by atoms with Gasteiger partial charge in [0.15, 0.2) is 0 Å². The van der Waals surface area contributed by atoms with Crippen LogP contribution in [0.5, 0.6) is 5.75 Å². The van der Waals surface area contributed by atoms with Gasteiger partial charge in [-0.05, 0) is 30.5 Å². The average Bonchev–Trinajstić information content (AvgIpc) is 2.23. The fourth-order valence-corrected chi connectivity index (χ4v) is 1.96. The van der Waals surface area contributed by atoms with Crippen molar-refractivity contribution in [3.63, 3.8) is 0 Å². The third-order valence-corrected chi connectivity index (χ3v) is 3.09. The minimum Gasteiger partial charge on any atom is -0.488 e. The number of hydrogen-bond acceptors (Lipinski definition) is 3. The van der Waals surface area contributed by atoms with E-state index in [1.54, 1.807) is 6.92 Å². The number of carbonyl (C=O) groups excluding carboxylic acids is 1. The van der Waals surface area contributed by atoms with Gasteiger partial charge < -0.3 is 14.8 Å². The van der Waals surface area contributed by atoms with Gasteiger partial charge in [0.1, 0.15) is 17.6 Å². The summed E-state index contributed by atoms with van der Waals surface area (Å²) < 4.78 is 5.74. The summed E-state index contributed by atoms with van der Waals surface area (Å²) in [5.74, 6) is 1.43. The van der Waals surface area contributed by atoms with Gasteiger partial charge in [-0.25, -0.2) is 0 Å². The molecule has 0 aromatic heterocycles. The number of ketones is 1. The highest BCUT2D eigenvalue weighted by molar-refractivity contribution is 5.76. The minimum absolute atomic E-state index is 0.235. The molecule has 0 unspecified atom stereocenters. The van der Waals surface area contributed by atoms with E-state index in [-0.39, 0.29) is 11.7 Å². The van der Waals surface area contributed by atoms with E-state index in [1.165, 1.54) is 5.56 Å². The van der Waals surface area contributed by atoms with Crippen LogP contribution in [-0.2, 0) is 4.79 Å². The van der Waals surface area contributed by atoms with E-state index in [0.717, 1.165) is 18.8 Å². The fraction of sp³-hybridized carbons (Fsp3) is 0.500. The minimum atomic E-state index is 0.235. The van der Waals surface area contributed by atoms with Crippen LogP contribution in [-0.4, -0.2) is 25.0 Å². The summed E-state index contributed by atoms with van der Waals surface area (Å²) in [6.07, 6.45) is 0.919. The normalized spacial score (nSPS) is 17.3. The first-order chi connectivity index (χ1) is 8.15. The summed E-state index contributed by atoms with van der Waals surface area (Å²) in [6, 6.07) is 8.08. The lowest BCUT2D eigenvalue weighted by atomic mass is 9.96. The Labute approximate surface area is 102 Å². The SMILES string of the molecule is CC(=O)C[C@@H](C)c1ccc(OC2CNC2)cc1. The van der Waals surface area contributed by atoms with E-state index >= 15 is 0 Å². The van der Waals surface area contributed by atoms with E-state index in [4.69, 9.17) is 4.74 Å². The van der Waals surface area contributed by atoms with E-state index in [0.29, 0.717) is 12.5 Å². The van der Waals surface area contributed by atoms with Crippen molar-refractivity contribution in [2.75, 3.05) is 13.1 Å². The van der Waals surface area contributed by atoms with Crippen molar-refractivity contribution >= 4 is 5.78 Å². The van der Waals surface area contributed by atoms with Crippen molar-refractivity contribution in [1.29, 1.82) is 0 Å². The predicted molar refractivity (Wildman–Crippen MR) is 67.4 cm³/mol. The molecule has 17 heavy (non-hydrogen) atoms. The van der Waals surface area contributed by atoms with Crippen LogP contribution in [0.2, 0.25) is 0 Å². The van der Waals surface area contributed by atoms with Gasteiger partial charge >= 0.3 is 0 Å². The molecular formula is C14H19NO2. The fourth-order valence-electron chi connectivity index (χ4n) is 1.96. The van der Waals surface area contributed by atoms with Crippen molar-refractivity contribution in [3.05, 3.63) is 29.8 Å². The van der Waals surface area contributed by atoms with Crippen LogP contribution in [0.25, 0.3) is 0 Å². The maximum atomic E-state index is 11.1. The molecule has 3 nitrogen and oxygen atoms in total. The molecule has 3 heteroatoms. The molecule has 92 valence electrons. The van der Waals surface area contributed by atoms with Crippen molar-refractivity contribution in [3.8, 4) is 5.75 Å². The highest BCUT2D eigenvalue weighted by atomic mass is 16.5. The molecule has 2 rings (SSSR count). The van der Waals surface area contributed by atoms with Gasteiger partial charge in [0.05, 0.1) is 0 Å². The predicted octanol–water partition coefficient (Wildman–Crippen LogP) is 2.12. The molecule has 0 radical (unpaired) electrons. The van der Waals surface area contributed by atoms with E-state index in [9.17, 15) is 4.79 Å². The smallest absolute Gasteiger partial charge is 0.130 e. The molecule has 0 amide bonds. The summed E-state index contributed by atoms with van der Waals surface area (Å²) in [7, 11) is 0. The average molecular weight is 233 g/mol. The van der Waals surface area contributed by atoms with Gasteiger partial charge in [-0.3, -0.25) is 0 Å². The van der Waals surface area contributed by atoms with Gasteiger partial charge in [-0.1, -0.05) is 19.1 Å². The van der Waals surface area contributed by atoms with Gasteiger partial charge in [-0.2, -0.15) is 0 Å². The van der Waals surface area contributed by atoms with Crippen LogP contribution in [0, 0.1) is 0 Å². The molecule has 0 spiro atoms. The zero-order valence-electron chi connectivity index (χ0n) is 10.4. The number of benzene rings is 1. The molecule has 1 aromatic carbocycles. The maximum absolute atomic E-state index is 11.1. The number of hydrogen-bond donors (Lipinski definition) is 1. The van der Waals surface area contributed by atoms with Crippen LogP contribution in [0.15, 0.2) is 24.3 Å². The lowest BCUT2D eigenvalue weighted by Crippen LogP contribution is -2.50. The molecule has 0 saturated carbocycles. The summed E-state index contributed by atoms with van der Waals surface area (Å²) in [4.78, 5) is 11.1. The molecule has 1 heterocycles. The van der Waals surface area contributed by atoms with Gasteiger partial charge in [-0.15, -0.1) is 0 Å². The summed E-state index contributed by atoms with van der Waals surface area (Å²) >= 11 is 0. The monoisotopic (exact) mass is 233 g/mol. The Morgan fingerprint density at radius 2 is 2.06 bits per heavy atom. The lowest BCUT2D eigenvalue weighted by Gasteiger charge is -2.27. The second kappa shape index (κ2) is 5.32. The van der Waals surface area contributed by atoms with Crippen molar-refractivity contribution in [1.82, 2.24) is 5.32 Å². The molecule has 1 saturated heterocycles. The highest BCUT2D eigenvalue weighted by Gasteiger charge is 2.18. The first-order valence-electron chi connectivity index (χ1n) is 6.12. The Balaban J connectivity index is 1.94. The van der Waals surface area contributed by atoms with Crippen LogP contribution in [0.3, 0.4) is 0 Å². The number of ether oxygens (including phenoxy) is 1. The van der Waals surface area contributed by atoms with E-state index < -0.39 is 0 Å². The van der Waals surface area contributed by atoms with Crippen LogP contribution in [0.4, 0.5) is 0 Å². The number of rotatable bonds is 5. The van der Waals surface area contributed by atoms with Gasteiger partial charge in [0, 0.05) is 19.5 Å². The molecule has 1 aromatic rings. The van der Waals surface area contributed by atoms with E-state index in [1.807, 2.05) is 12.1 Å². The maximum Gasteiger partial charge on any atom is 0.130 e. The first-order valence-corrected chi connectivity index (χ1v) is 6.12. The Morgan fingerprint density at radius 3 is 2.53 bits per heavy atom. The Morgan fingerprint density at radius 1 is 1.41 bits per heavy atom. The van der Waals surface area contributed by atoms with Crippen LogP contribution >= 0.6 is 0 Å². The van der Waals surface area contributed by atoms with Gasteiger partial charge in [0.2, 0.25) is 0 Å². The molecule has 1 fully saturated rings. The lowest BCUT2D eigenvalue weighted by molar-refractivity contribution is -0.117. The Hall–Kier alpha value is -1.35. The number of carbonyl (C=O) groups is 1. The highest BCUT2D eigenvalue weighted by Crippen LogP contribution is 2.22. The zero-order valence-corrected chi connectivity index (χ0v) is 10.4. The zero-order chi connectivity index (χ0) is 12.3. The second-order valence-electron chi connectivity index (χ2n) is 4.77. The quantitative estimate of drug-likeness (QED) is 0.846. The number of Topliss-reactive ketones (excluding diaryl/α,β-unsaturated/α-hetero) is 1. The number of nitrogens with one attached hydrogen (secondary N) is 1. The van der Waals surface area contributed by atoms with Crippen molar-refractivity contribution in [2.24, 2.45) is 0 Å². The first kappa shape index (κ1) is 12.1. The molecule has 1 atom stereocenters.